The Balaban J connectivity index is 2.03. The molecule has 0 aromatic heterocycles. The molecule has 1 fully saturated rings. The number of esters is 1. The highest BCUT2D eigenvalue weighted by Crippen LogP contribution is 2.30. The van der Waals surface area contributed by atoms with Crippen LogP contribution in [0.4, 0.5) is 11.4 Å². The molecule has 0 radical (unpaired) electrons. The van der Waals surface area contributed by atoms with E-state index in [1.807, 2.05) is 0 Å². The van der Waals surface area contributed by atoms with Crippen molar-refractivity contribution in [2.75, 3.05) is 29.8 Å². The highest BCUT2D eigenvalue weighted by atomic mass is 35.5. The number of nitrogens with zero attached hydrogens (tertiary/aromatic N) is 1. The molecule has 2 aromatic carbocycles. The number of anilines is 2. The average Bonchev–Trinajstić information content (AvgIpc) is 2.98. The van der Waals surface area contributed by atoms with E-state index in [0.717, 1.165) is 38.8 Å². The number of benzene rings is 2. The number of ether oxygens (including phenoxy) is 1. The summed E-state index contributed by atoms with van der Waals surface area (Å²) in [6.07, 6.45) is 4.26. The molecule has 0 atom stereocenters. The van der Waals surface area contributed by atoms with Gasteiger partial charge in [0.1, 0.15) is 4.90 Å². The molecule has 3 rings (SSSR count). The van der Waals surface area contributed by atoms with Crippen molar-refractivity contribution < 1.29 is 17.9 Å². The molecule has 8 heteroatoms. The first-order chi connectivity index (χ1) is 13.4. The minimum Gasteiger partial charge on any atom is -0.465 e. The highest BCUT2D eigenvalue weighted by molar-refractivity contribution is 7.92. The first-order valence-electron chi connectivity index (χ1n) is 9.16. The minimum atomic E-state index is -3.92. The number of carbonyl (C=O) groups excluding carboxylic acids is 1. The van der Waals surface area contributed by atoms with E-state index in [9.17, 15) is 13.2 Å². The van der Waals surface area contributed by atoms with Crippen molar-refractivity contribution in [3.8, 4) is 0 Å². The summed E-state index contributed by atoms with van der Waals surface area (Å²) in [6.45, 7) is 1.56. The van der Waals surface area contributed by atoms with E-state index < -0.39 is 16.0 Å². The van der Waals surface area contributed by atoms with E-state index in [-0.39, 0.29) is 10.5 Å². The van der Waals surface area contributed by atoms with Gasteiger partial charge in [-0.25, -0.2) is 13.2 Å². The molecule has 0 unspecified atom stereocenters. The molecule has 2 aromatic rings. The third kappa shape index (κ3) is 4.77. The maximum absolute atomic E-state index is 13.2. The molecule has 1 saturated heterocycles. The second kappa shape index (κ2) is 8.84. The summed E-state index contributed by atoms with van der Waals surface area (Å²) in [5.74, 6) is -0.578. The summed E-state index contributed by atoms with van der Waals surface area (Å²) in [7, 11) is -2.66. The van der Waals surface area contributed by atoms with Gasteiger partial charge in [0.25, 0.3) is 10.0 Å². The summed E-state index contributed by atoms with van der Waals surface area (Å²) < 4.78 is 33.7. The fraction of sp³-hybridized carbons (Fsp3) is 0.350. The third-order valence-electron chi connectivity index (χ3n) is 4.71. The van der Waals surface area contributed by atoms with Gasteiger partial charge in [0, 0.05) is 23.8 Å². The number of halogens is 1. The van der Waals surface area contributed by atoms with Crippen LogP contribution in [0.5, 0.6) is 0 Å². The maximum atomic E-state index is 13.2. The van der Waals surface area contributed by atoms with Crippen LogP contribution in [-0.2, 0) is 14.8 Å². The SMILES string of the molecule is COC(=O)c1ccc(N2CCCCCC2)c(S(=O)(=O)Nc2ccc(Cl)cc2)c1. The second-order valence-corrected chi connectivity index (χ2v) is 8.77. The molecular weight excluding hydrogens is 400 g/mol. The fourth-order valence-electron chi connectivity index (χ4n) is 3.28. The first-order valence-corrected chi connectivity index (χ1v) is 11.0. The van der Waals surface area contributed by atoms with Gasteiger partial charge < -0.3 is 9.64 Å². The van der Waals surface area contributed by atoms with Crippen molar-refractivity contribution in [2.45, 2.75) is 30.6 Å². The number of sulfonamides is 1. The lowest BCUT2D eigenvalue weighted by Gasteiger charge is -2.25. The normalized spacial score (nSPS) is 15.0. The molecule has 1 N–H and O–H groups in total. The summed E-state index contributed by atoms with van der Waals surface area (Å²) in [4.78, 5) is 14.1. The number of methoxy groups -OCH3 is 1. The number of carbonyl (C=O) groups is 1. The molecule has 1 aliphatic rings. The van der Waals surface area contributed by atoms with Crippen LogP contribution < -0.4 is 9.62 Å². The second-order valence-electron chi connectivity index (χ2n) is 6.69. The van der Waals surface area contributed by atoms with Crippen molar-refractivity contribution in [1.82, 2.24) is 0 Å². The van der Waals surface area contributed by atoms with Crippen LogP contribution in [0.15, 0.2) is 47.4 Å². The molecule has 0 bridgehead atoms. The van der Waals surface area contributed by atoms with Gasteiger partial charge in [-0.3, -0.25) is 4.72 Å². The summed E-state index contributed by atoms with van der Waals surface area (Å²) >= 11 is 5.88. The Morgan fingerprint density at radius 2 is 1.68 bits per heavy atom. The Hall–Kier alpha value is -2.25. The summed E-state index contributed by atoms with van der Waals surface area (Å²) in [5, 5.41) is 0.515. The van der Waals surface area contributed by atoms with Gasteiger partial charge in [0.2, 0.25) is 0 Å². The molecule has 1 aliphatic heterocycles. The van der Waals surface area contributed by atoms with E-state index >= 15 is 0 Å². The largest absolute Gasteiger partial charge is 0.465 e. The molecule has 0 saturated carbocycles. The van der Waals surface area contributed by atoms with Crippen molar-refractivity contribution in [3.05, 3.63) is 53.1 Å². The van der Waals surface area contributed by atoms with Gasteiger partial charge in [0.05, 0.1) is 18.4 Å². The van der Waals surface area contributed by atoms with Crippen molar-refractivity contribution in [2.24, 2.45) is 0 Å². The Morgan fingerprint density at radius 1 is 1.04 bits per heavy atom. The van der Waals surface area contributed by atoms with Crippen molar-refractivity contribution in [1.29, 1.82) is 0 Å². The highest BCUT2D eigenvalue weighted by Gasteiger charge is 2.25. The zero-order chi connectivity index (χ0) is 20.1. The van der Waals surface area contributed by atoms with Crippen molar-refractivity contribution in [3.63, 3.8) is 0 Å². The fourth-order valence-corrected chi connectivity index (χ4v) is 4.71. The average molecular weight is 423 g/mol. The Labute approximate surface area is 170 Å². The number of rotatable bonds is 5. The minimum absolute atomic E-state index is 0.0623. The Morgan fingerprint density at radius 3 is 2.29 bits per heavy atom. The predicted molar refractivity (Wildman–Crippen MR) is 111 cm³/mol. The summed E-state index contributed by atoms with van der Waals surface area (Å²) in [6, 6.07) is 11.1. The quantitative estimate of drug-likeness (QED) is 0.726. The zero-order valence-corrected chi connectivity index (χ0v) is 17.2. The van der Waals surface area contributed by atoms with E-state index in [1.54, 1.807) is 36.4 Å². The predicted octanol–water partition coefficient (Wildman–Crippen LogP) is 4.31. The maximum Gasteiger partial charge on any atom is 0.337 e. The van der Waals surface area contributed by atoms with Gasteiger partial charge in [0.15, 0.2) is 0 Å². The van der Waals surface area contributed by atoms with E-state index in [1.165, 1.54) is 13.2 Å². The van der Waals surface area contributed by atoms with Crippen LogP contribution in [-0.4, -0.2) is 34.6 Å². The topological polar surface area (TPSA) is 75.7 Å². The van der Waals surface area contributed by atoms with E-state index in [4.69, 9.17) is 16.3 Å². The molecule has 28 heavy (non-hydrogen) atoms. The lowest BCUT2D eigenvalue weighted by molar-refractivity contribution is 0.0600. The van der Waals surface area contributed by atoms with Gasteiger partial charge in [-0.2, -0.15) is 0 Å². The van der Waals surface area contributed by atoms with Crippen LogP contribution >= 0.6 is 11.6 Å². The van der Waals surface area contributed by atoms with Gasteiger partial charge in [-0.1, -0.05) is 24.4 Å². The molecule has 1 heterocycles. The van der Waals surface area contributed by atoms with Crippen LogP contribution in [0.2, 0.25) is 5.02 Å². The molecular formula is C20H23ClN2O4S. The van der Waals surface area contributed by atoms with E-state index in [2.05, 4.69) is 9.62 Å². The van der Waals surface area contributed by atoms with E-state index in [0.29, 0.717) is 16.4 Å². The molecule has 0 aliphatic carbocycles. The monoisotopic (exact) mass is 422 g/mol. The standard InChI is InChI=1S/C20H23ClN2O4S/c1-27-20(24)15-6-11-18(23-12-4-2-3-5-13-23)19(14-15)28(25,26)22-17-9-7-16(21)8-10-17/h6-11,14,22H,2-5,12-13H2,1H3. The lowest BCUT2D eigenvalue weighted by Crippen LogP contribution is -2.27. The Kier molecular flexibility index (Phi) is 6.46. The lowest BCUT2D eigenvalue weighted by atomic mass is 10.2. The zero-order valence-electron chi connectivity index (χ0n) is 15.7. The van der Waals surface area contributed by atoms with Gasteiger partial charge in [-0.15, -0.1) is 0 Å². The van der Waals surface area contributed by atoms with Gasteiger partial charge in [-0.05, 0) is 55.3 Å². The number of hydrogen-bond acceptors (Lipinski definition) is 5. The molecule has 6 nitrogen and oxygen atoms in total. The van der Waals surface area contributed by atoms with Gasteiger partial charge >= 0.3 is 5.97 Å². The van der Waals surface area contributed by atoms with Crippen LogP contribution in [0.25, 0.3) is 0 Å². The number of hydrogen-bond donors (Lipinski definition) is 1. The Bertz CT molecular complexity index is 937. The van der Waals surface area contributed by atoms with Crippen LogP contribution in [0.3, 0.4) is 0 Å². The first kappa shape index (κ1) is 20.5. The number of nitrogens with one attached hydrogen (secondary N) is 1. The smallest absolute Gasteiger partial charge is 0.337 e. The molecule has 150 valence electrons. The van der Waals surface area contributed by atoms with Crippen LogP contribution in [0, 0.1) is 0 Å². The third-order valence-corrected chi connectivity index (χ3v) is 6.38. The van der Waals surface area contributed by atoms with Crippen LogP contribution in [0.1, 0.15) is 36.0 Å². The summed E-state index contributed by atoms with van der Waals surface area (Å²) in [5.41, 5.74) is 1.18. The van der Waals surface area contributed by atoms with Crippen molar-refractivity contribution >= 4 is 39.0 Å². The molecule has 0 spiro atoms. The molecule has 0 amide bonds.